The van der Waals surface area contributed by atoms with Crippen LogP contribution in [0.15, 0.2) is 159 Å². The third-order valence-electron chi connectivity index (χ3n) is 12.0. The number of carboxylic acid groups (broad SMARTS) is 1. The van der Waals surface area contributed by atoms with E-state index in [1.54, 1.807) is 60.2 Å². The lowest BCUT2D eigenvalue weighted by molar-refractivity contribution is -0.384. The summed E-state index contributed by atoms with van der Waals surface area (Å²) in [6.45, 7) is 7.59. The summed E-state index contributed by atoms with van der Waals surface area (Å²) in [5, 5.41) is 26.4. The van der Waals surface area contributed by atoms with Crippen LogP contribution in [0.25, 0.3) is 34.4 Å². The lowest BCUT2D eigenvalue weighted by Gasteiger charge is -2.13. The van der Waals surface area contributed by atoms with Gasteiger partial charge in [-0.05, 0) is 130 Å². The first kappa shape index (κ1) is 57.1. The maximum atomic E-state index is 13.3. The Morgan fingerprint density at radius 3 is 1.90 bits per heavy atom. The van der Waals surface area contributed by atoms with Crippen LogP contribution in [0.3, 0.4) is 0 Å². The maximum Gasteiger partial charge on any atom is 0.330 e. The summed E-state index contributed by atoms with van der Waals surface area (Å²) in [7, 11) is 2.65. The fourth-order valence-corrected chi connectivity index (χ4v) is 7.93. The van der Waals surface area contributed by atoms with Crippen LogP contribution in [0, 0.1) is 37.8 Å². The molecule has 21 heteroatoms. The summed E-state index contributed by atoms with van der Waals surface area (Å²) >= 11 is 0. The number of carbonyl (C=O) groups excluding carboxylic acids is 3. The zero-order chi connectivity index (χ0) is 57.3. The molecule has 0 bridgehead atoms. The van der Waals surface area contributed by atoms with Crippen molar-refractivity contribution in [1.29, 1.82) is 0 Å². The fourth-order valence-electron chi connectivity index (χ4n) is 7.93. The highest BCUT2D eigenvalue weighted by atomic mass is 16.6. The minimum absolute atomic E-state index is 0.0136. The first-order chi connectivity index (χ1) is 38.4. The number of aliphatic carboxylic acids is 1. The molecule has 0 saturated carbocycles. The van der Waals surface area contributed by atoms with Crippen LogP contribution >= 0.6 is 0 Å². The minimum Gasteiger partial charge on any atom is -0.481 e. The van der Waals surface area contributed by atoms with Gasteiger partial charge in [0.25, 0.3) is 11.6 Å². The molecule has 5 aromatic carbocycles. The van der Waals surface area contributed by atoms with Gasteiger partial charge in [0.15, 0.2) is 0 Å². The van der Waals surface area contributed by atoms with Crippen molar-refractivity contribution in [3.05, 3.63) is 214 Å². The Bertz CT molecular complexity index is 3700. The number of nitrogen functional groups attached to an aromatic ring is 1. The molecular formula is C59H58N12O9. The SMILES string of the molecule is COC(=O)/C=C/c1cc(-n2cnc(C)c2)cc([N+](=O)[O-])c1.COC(=O)CCc1cc(N)cc(-n2cnc(C)c2)c1.Cc1cn(-c2cc(CCC(=O)O)cc(NC(=O)c3ccc(C)c(Nc4nccc(-c5ccccc5)n4)c3)c2)cn1. The van der Waals surface area contributed by atoms with E-state index in [0.717, 1.165) is 56.4 Å². The Morgan fingerprint density at radius 1 is 0.700 bits per heavy atom. The second-order valence-corrected chi connectivity index (χ2v) is 18.2. The van der Waals surface area contributed by atoms with E-state index >= 15 is 0 Å². The molecular weight excluding hydrogens is 1020 g/mol. The van der Waals surface area contributed by atoms with E-state index < -0.39 is 16.9 Å². The lowest BCUT2D eigenvalue weighted by atomic mass is 10.1. The highest BCUT2D eigenvalue weighted by Gasteiger charge is 2.15. The summed E-state index contributed by atoms with van der Waals surface area (Å²) < 4.78 is 14.6. The number of carbonyl (C=O) groups is 4. The van der Waals surface area contributed by atoms with Gasteiger partial charge in [0.2, 0.25) is 5.95 Å². The second-order valence-electron chi connectivity index (χ2n) is 18.2. The topological polar surface area (TPSA) is 279 Å². The Kier molecular flexibility index (Phi) is 19.3. The number of imidazole rings is 3. The molecule has 0 atom stereocenters. The van der Waals surface area contributed by atoms with Crippen molar-refractivity contribution in [2.75, 3.05) is 30.6 Å². The molecule has 408 valence electrons. The van der Waals surface area contributed by atoms with Crippen LogP contribution in [-0.2, 0) is 36.7 Å². The predicted molar refractivity (Wildman–Crippen MR) is 303 cm³/mol. The summed E-state index contributed by atoms with van der Waals surface area (Å²) in [5.74, 6) is -1.50. The van der Waals surface area contributed by atoms with E-state index in [1.165, 1.54) is 38.5 Å². The number of rotatable bonds is 17. The Labute approximate surface area is 460 Å². The fraction of sp³-hybridized carbons (Fsp3) is 0.169. The van der Waals surface area contributed by atoms with Crippen LogP contribution in [0.2, 0.25) is 0 Å². The van der Waals surface area contributed by atoms with Crippen LogP contribution in [0.4, 0.5) is 28.7 Å². The van der Waals surface area contributed by atoms with Crippen molar-refractivity contribution in [2.45, 2.75) is 53.4 Å². The first-order valence-electron chi connectivity index (χ1n) is 24.9. The number of aromatic nitrogens is 8. The number of non-ortho nitro benzene ring substituents is 1. The molecule has 0 spiro atoms. The van der Waals surface area contributed by atoms with Crippen molar-refractivity contribution in [3.63, 3.8) is 0 Å². The van der Waals surface area contributed by atoms with Crippen LogP contribution < -0.4 is 16.4 Å². The van der Waals surface area contributed by atoms with Gasteiger partial charge in [-0.3, -0.25) is 24.5 Å². The largest absolute Gasteiger partial charge is 0.481 e. The van der Waals surface area contributed by atoms with Gasteiger partial charge in [-0.15, -0.1) is 0 Å². The van der Waals surface area contributed by atoms with Gasteiger partial charge in [0, 0.05) is 95.4 Å². The number of hydrogen-bond donors (Lipinski definition) is 4. The van der Waals surface area contributed by atoms with E-state index in [9.17, 15) is 29.3 Å². The number of carboxylic acids is 1. The second kappa shape index (κ2) is 27.0. The molecule has 1 amide bonds. The maximum absolute atomic E-state index is 13.3. The van der Waals surface area contributed by atoms with Gasteiger partial charge in [-0.25, -0.2) is 29.7 Å². The molecule has 4 aromatic heterocycles. The highest BCUT2D eigenvalue weighted by Crippen LogP contribution is 2.26. The molecule has 0 unspecified atom stereocenters. The van der Waals surface area contributed by atoms with E-state index in [-0.39, 0.29) is 24.0 Å². The number of nitro benzene ring substituents is 1. The number of methoxy groups -OCH3 is 2. The number of anilines is 4. The third kappa shape index (κ3) is 16.5. The summed E-state index contributed by atoms with van der Waals surface area (Å²) in [4.78, 5) is 78.8. The molecule has 0 radical (unpaired) electrons. The Balaban J connectivity index is 0.000000194. The number of nitrogens with zero attached hydrogens (tertiary/aromatic N) is 9. The number of esters is 2. The van der Waals surface area contributed by atoms with E-state index in [1.807, 2.05) is 122 Å². The van der Waals surface area contributed by atoms with Gasteiger partial charge in [0.05, 0.1) is 66.6 Å². The van der Waals surface area contributed by atoms with Crippen molar-refractivity contribution >= 4 is 58.6 Å². The smallest absolute Gasteiger partial charge is 0.330 e. The van der Waals surface area contributed by atoms with Gasteiger partial charge in [-0.1, -0.05) is 36.4 Å². The van der Waals surface area contributed by atoms with Crippen LogP contribution in [0.5, 0.6) is 0 Å². The van der Waals surface area contributed by atoms with Gasteiger partial charge >= 0.3 is 17.9 Å². The van der Waals surface area contributed by atoms with E-state index in [2.05, 4.69) is 45.0 Å². The molecule has 80 heavy (non-hydrogen) atoms. The molecule has 0 saturated heterocycles. The van der Waals surface area contributed by atoms with Gasteiger partial charge < -0.3 is 44.6 Å². The average Bonchev–Trinajstić information content (AvgIpc) is 4.25. The monoisotopic (exact) mass is 1080 g/mol. The molecule has 0 aliphatic heterocycles. The molecule has 0 aliphatic rings. The number of amides is 1. The number of nitrogens with one attached hydrogen (secondary N) is 2. The summed E-state index contributed by atoms with van der Waals surface area (Å²) in [6.07, 6.45) is 16.2. The lowest BCUT2D eigenvalue weighted by Crippen LogP contribution is -2.13. The quantitative estimate of drug-likeness (QED) is 0.0217. The summed E-state index contributed by atoms with van der Waals surface area (Å²) in [5.41, 5.74) is 18.1. The third-order valence-corrected chi connectivity index (χ3v) is 12.0. The van der Waals surface area contributed by atoms with Crippen molar-refractivity contribution in [3.8, 4) is 28.3 Å². The van der Waals surface area contributed by atoms with Crippen molar-refractivity contribution in [2.24, 2.45) is 0 Å². The summed E-state index contributed by atoms with van der Waals surface area (Å²) in [6, 6.07) is 32.9. The molecule has 0 fully saturated rings. The number of nitrogens with two attached hydrogens (primary N) is 1. The molecule has 9 rings (SSSR count). The van der Waals surface area contributed by atoms with E-state index in [4.69, 9.17) is 10.8 Å². The number of benzene rings is 5. The standard InChI is InChI=1S/C31H28N6O3.C14H13N3O4.C14H17N3O2/c1-20-8-10-24(16-28(20)36-31-32-13-12-27(35-31)23-6-4-3-5-7-23)30(40)34-25-14-22(9-11-29(38)39)15-26(17-25)37-18-21(2)33-19-37;1-10-8-16(9-15-10)12-5-11(3-4-14(18)21-2)6-13(7-12)17(19)20;1-10-8-17(9-16-10)13-6-11(5-12(15)7-13)3-4-14(18)19-2/h3-8,10,12-19H,9,11H2,1-2H3,(H,34,40)(H,38,39)(H,32,35,36);3-9H,1-2H3;5-9H,3-4,15H2,1-2H3/b;4-3+;. The zero-order valence-electron chi connectivity index (χ0n) is 44.7. The van der Waals surface area contributed by atoms with Gasteiger partial charge in [0.1, 0.15) is 0 Å². The average molecular weight is 1080 g/mol. The van der Waals surface area contributed by atoms with Crippen molar-refractivity contribution < 1.29 is 38.7 Å². The number of hydrogen-bond acceptors (Lipinski definition) is 15. The highest BCUT2D eigenvalue weighted by molar-refractivity contribution is 6.05. The number of ether oxygens (including phenoxy) is 2. The van der Waals surface area contributed by atoms with E-state index in [0.29, 0.717) is 59.1 Å². The normalized spacial score (nSPS) is 10.7. The van der Waals surface area contributed by atoms with Crippen molar-refractivity contribution in [1.82, 2.24) is 38.6 Å². The molecule has 5 N–H and O–H groups in total. The molecule has 21 nitrogen and oxygen atoms in total. The molecule has 4 heterocycles. The number of aryl methyl sites for hydroxylation is 6. The van der Waals surface area contributed by atoms with Crippen LogP contribution in [-0.4, -0.2) is 86.7 Å². The first-order valence-corrected chi connectivity index (χ1v) is 24.9. The molecule has 9 aromatic rings. The Morgan fingerprint density at radius 2 is 1.31 bits per heavy atom. The minimum atomic E-state index is -0.882. The zero-order valence-corrected chi connectivity index (χ0v) is 44.7. The Hall–Kier alpha value is -10.6. The van der Waals surface area contributed by atoms with Gasteiger partial charge in [-0.2, -0.15) is 0 Å². The number of nitro groups is 1. The van der Waals surface area contributed by atoms with Crippen LogP contribution in [0.1, 0.15) is 62.5 Å². The predicted octanol–water partition coefficient (Wildman–Crippen LogP) is 10.1. The molecule has 0 aliphatic carbocycles.